The van der Waals surface area contributed by atoms with Crippen molar-refractivity contribution >= 4 is 46.1 Å². The number of aromatic nitrogens is 2. The van der Waals surface area contributed by atoms with Crippen molar-refractivity contribution in [2.75, 3.05) is 10.2 Å². The van der Waals surface area contributed by atoms with E-state index in [1.807, 2.05) is 0 Å². The van der Waals surface area contributed by atoms with Crippen LogP contribution in [0.5, 0.6) is 0 Å². The average molecular weight is 477 g/mol. The van der Waals surface area contributed by atoms with Crippen molar-refractivity contribution < 1.29 is 19.1 Å². The number of hydrogen-bond acceptors (Lipinski definition) is 4. The van der Waals surface area contributed by atoms with E-state index in [1.54, 1.807) is 42.5 Å². The van der Waals surface area contributed by atoms with E-state index in [0.29, 0.717) is 28.1 Å². The minimum atomic E-state index is -2.00. The molecule has 3 N–H and O–H groups in total. The SMILES string of the molecule is O=C(Nc1nc2ccc(C3(O)c4ccccc4C(=O)N3c3cccc(Cl)c3F)cc2[nH]1)C1CC1. The first kappa shape index (κ1) is 20.8. The van der Waals surface area contributed by atoms with Crippen LogP contribution in [0.15, 0.2) is 60.7 Å². The van der Waals surface area contributed by atoms with Crippen LogP contribution in [0, 0.1) is 11.7 Å². The van der Waals surface area contributed by atoms with Crippen LogP contribution in [0.4, 0.5) is 16.0 Å². The summed E-state index contributed by atoms with van der Waals surface area (Å²) in [5.74, 6) is -1.13. The maximum atomic E-state index is 15.1. The number of rotatable bonds is 4. The number of halogens is 2. The highest BCUT2D eigenvalue weighted by Gasteiger charge is 2.51. The van der Waals surface area contributed by atoms with Crippen LogP contribution in [-0.4, -0.2) is 26.9 Å². The Kier molecular flexibility index (Phi) is 4.52. The Morgan fingerprint density at radius 3 is 2.76 bits per heavy atom. The van der Waals surface area contributed by atoms with Crippen LogP contribution >= 0.6 is 11.6 Å². The molecule has 4 aromatic rings. The molecule has 1 atom stereocenters. The van der Waals surface area contributed by atoms with Gasteiger partial charge in [0, 0.05) is 22.6 Å². The molecular weight excluding hydrogens is 459 g/mol. The number of aromatic amines is 1. The lowest BCUT2D eigenvalue weighted by atomic mass is 9.93. The molecule has 2 amide bonds. The summed E-state index contributed by atoms with van der Waals surface area (Å²) in [6.45, 7) is 0. The minimum absolute atomic E-state index is 0.0200. The lowest BCUT2D eigenvalue weighted by Gasteiger charge is -2.35. The topological polar surface area (TPSA) is 98.3 Å². The fraction of sp³-hybridized carbons (Fsp3) is 0.160. The predicted octanol–water partition coefficient (Wildman–Crippen LogP) is 4.56. The average Bonchev–Trinajstić information content (AvgIpc) is 3.57. The molecule has 9 heteroatoms. The van der Waals surface area contributed by atoms with Crippen molar-refractivity contribution in [2.24, 2.45) is 5.92 Å². The van der Waals surface area contributed by atoms with Gasteiger partial charge in [-0.05, 0) is 43.2 Å². The van der Waals surface area contributed by atoms with E-state index in [2.05, 4.69) is 15.3 Å². The number of hydrogen-bond donors (Lipinski definition) is 3. The van der Waals surface area contributed by atoms with E-state index >= 15 is 4.39 Å². The van der Waals surface area contributed by atoms with Gasteiger partial charge >= 0.3 is 0 Å². The van der Waals surface area contributed by atoms with Crippen LogP contribution in [-0.2, 0) is 10.5 Å². The first-order valence-corrected chi connectivity index (χ1v) is 11.2. The Labute approximate surface area is 198 Å². The van der Waals surface area contributed by atoms with E-state index in [9.17, 15) is 14.7 Å². The Morgan fingerprint density at radius 1 is 1.18 bits per heavy atom. The summed E-state index contributed by atoms with van der Waals surface area (Å²) >= 11 is 6.00. The molecule has 1 unspecified atom stereocenters. The van der Waals surface area contributed by atoms with Gasteiger partial charge in [0.15, 0.2) is 11.5 Å². The first-order valence-electron chi connectivity index (χ1n) is 10.8. The third kappa shape index (κ3) is 3.03. The molecule has 1 aromatic heterocycles. The monoisotopic (exact) mass is 476 g/mol. The summed E-state index contributed by atoms with van der Waals surface area (Å²) < 4.78 is 15.1. The third-order valence-corrected chi connectivity index (χ3v) is 6.60. The summed E-state index contributed by atoms with van der Waals surface area (Å²) in [4.78, 5) is 34.0. The largest absolute Gasteiger partial charge is 0.363 e. The second kappa shape index (κ2) is 7.38. The highest BCUT2D eigenvalue weighted by molar-refractivity contribution is 6.31. The van der Waals surface area contributed by atoms with Gasteiger partial charge in [0.05, 0.1) is 21.7 Å². The maximum absolute atomic E-state index is 15.1. The smallest absolute Gasteiger partial charge is 0.261 e. The molecule has 0 radical (unpaired) electrons. The van der Waals surface area contributed by atoms with Crippen molar-refractivity contribution in [3.8, 4) is 0 Å². The molecular formula is C25H18ClFN4O3. The van der Waals surface area contributed by atoms with Crippen LogP contribution in [0.3, 0.4) is 0 Å². The van der Waals surface area contributed by atoms with Crippen molar-refractivity contribution in [1.82, 2.24) is 9.97 Å². The molecule has 6 rings (SSSR count). The van der Waals surface area contributed by atoms with E-state index in [0.717, 1.165) is 17.7 Å². The van der Waals surface area contributed by atoms with Crippen LogP contribution in [0.2, 0.25) is 5.02 Å². The van der Waals surface area contributed by atoms with E-state index in [4.69, 9.17) is 11.6 Å². The van der Waals surface area contributed by atoms with Crippen LogP contribution in [0.25, 0.3) is 11.0 Å². The molecule has 2 heterocycles. The number of nitrogens with one attached hydrogen (secondary N) is 2. The van der Waals surface area contributed by atoms with Crippen molar-refractivity contribution in [3.63, 3.8) is 0 Å². The van der Waals surface area contributed by atoms with Crippen molar-refractivity contribution in [1.29, 1.82) is 0 Å². The molecule has 0 saturated heterocycles. The zero-order valence-corrected chi connectivity index (χ0v) is 18.4. The zero-order chi connectivity index (χ0) is 23.6. The van der Waals surface area contributed by atoms with E-state index < -0.39 is 17.4 Å². The third-order valence-electron chi connectivity index (χ3n) is 6.31. The van der Waals surface area contributed by atoms with E-state index in [1.165, 1.54) is 18.2 Å². The van der Waals surface area contributed by atoms with Gasteiger partial charge in [0.25, 0.3) is 5.91 Å². The molecule has 34 heavy (non-hydrogen) atoms. The minimum Gasteiger partial charge on any atom is -0.363 e. The molecule has 170 valence electrons. The molecule has 1 saturated carbocycles. The molecule has 7 nitrogen and oxygen atoms in total. The van der Waals surface area contributed by atoms with Gasteiger partial charge in [0.1, 0.15) is 0 Å². The van der Waals surface area contributed by atoms with Crippen molar-refractivity contribution in [3.05, 3.63) is 88.2 Å². The maximum Gasteiger partial charge on any atom is 0.261 e. The summed E-state index contributed by atoms with van der Waals surface area (Å²) in [6, 6.07) is 15.8. The highest BCUT2D eigenvalue weighted by atomic mass is 35.5. The molecule has 3 aromatic carbocycles. The lowest BCUT2D eigenvalue weighted by Crippen LogP contribution is -2.45. The predicted molar refractivity (Wildman–Crippen MR) is 125 cm³/mol. The molecule has 0 bridgehead atoms. The fourth-order valence-corrected chi connectivity index (χ4v) is 4.61. The summed E-state index contributed by atoms with van der Waals surface area (Å²) in [7, 11) is 0. The number of benzene rings is 3. The number of fused-ring (bicyclic) bond motifs is 2. The number of H-pyrrole nitrogens is 1. The van der Waals surface area contributed by atoms with Gasteiger partial charge in [-0.2, -0.15) is 0 Å². The Bertz CT molecular complexity index is 1500. The lowest BCUT2D eigenvalue weighted by molar-refractivity contribution is -0.117. The van der Waals surface area contributed by atoms with Crippen LogP contribution in [0.1, 0.15) is 34.3 Å². The summed E-state index contributed by atoms with van der Waals surface area (Å²) in [5.41, 5.74) is -0.140. The zero-order valence-electron chi connectivity index (χ0n) is 17.7. The normalized spacial score (nSPS) is 19.5. The number of amides is 2. The van der Waals surface area contributed by atoms with E-state index in [-0.39, 0.29) is 28.1 Å². The van der Waals surface area contributed by atoms with Gasteiger partial charge in [-0.1, -0.05) is 41.9 Å². The number of anilines is 2. The second-order valence-corrected chi connectivity index (χ2v) is 8.92. The Morgan fingerprint density at radius 2 is 1.97 bits per heavy atom. The van der Waals surface area contributed by atoms with Gasteiger partial charge in [-0.3, -0.25) is 19.8 Å². The van der Waals surface area contributed by atoms with Crippen LogP contribution < -0.4 is 10.2 Å². The first-order chi connectivity index (χ1) is 16.4. The second-order valence-electron chi connectivity index (χ2n) is 8.51. The number of nitrogens with zero attached hydrogens (tertiary/aromatic N) is 2. The summed E-state index contributed by atoms with van der Waals surface area (Å²) in [5, 5.41) is 14.7. The summed E-state index contributed by atoms with van der Waals surface area (Å²) in [6.07, 6.45) is 1.74. The molecule has 1 aliphatic carbocycles. The highest BCUT2D eigenvalue weighted by Crippen LogP contribution is 2.46. The molecule has 2 aliphatic rings. The Balaban J connectivity index is 1.50. The molecule has 1 aliphatic heterocycles. The Hall–Kier alpha value is -3.75. The molecule has 1 fully saturated rings. The quantitative estimate of drug-likeness (QED) is 0.402. The van der Waals surface area contributed by atoms with Gasteiger partial charge in [-0.25, -0.2) is 9.37 Å². The van der Waals surface area contributed by atoms with Gasteiger partial charge < -0.3 is 10.1 Å². The molecule has 0 spiro atoms. The number of imidazole rings is 1. The number of aliphatic hydroxyl groups is 1. The fourth-order valence-electron chi connectivity index (χ4n) is 4.44. The standard InChI is InChI=1S/C25H18ClFN4O3/c26-17-6-3-7-20(21(17)27)31-23(33)15-4-1-2-5-16(15)25(31,34)14-10-11-18-19(12-14)29-24(28-18)30-22(32)13-8-9-13/h1-7,10-13,34H,8-9H2,(H2,28,29,30,32). The number of carbonyl (C=O) groups is 2. The van der Waals surface area contributed by atoms with Gasteiger partial charge in [-0.15, -0.1) is 0 Å². The number of carbonyl (C=O) groups excluding carboxylic acids is 2. The van der Waals surface area contributed by atoms with Crippen molar-refractivity contribution in [2.45, 2.75) is 18.6 Å². The van der Waals surface area contributed by atoms with Gasteiger partial charge in [0.2, 0.25) is 11.9 Å².